The van der Waals surface area contributed by atoms with E-state index in [1.165, 1.54) is 5.69 Å². The molecule has 2 aliphatic rings. The van der Waals surface area contributed by atoms with Crippen molar-refractivity contribution in [3.05, 3.63) is 18.2 Å². The van der Waals surface area contributed by atoms with Crippen LogP contribution in [0.4, 0.5) is 5.69 Å². The molecule has 2 heterocycles. The van der Waals surface area contributed by atoms with Crippen molar-refractivity contribution in [2.45, 2.75) is 13.8 Å². The van der Waals surface area contributed by atoms with Crippen molar-refractivity contribution in [2.24, 2.45) is 11.8 Å². The Labute approximate surface area is 121 Å². The van der Waals surface area contributed by atoms with Gasteiger partial charge in [0.25, 0.3) is 0 Å². The fourth-order valence-electron chi connectivity index (χ4n) is 2.97. The molecule has 0 aliphatic carbocycles. The summed E-state index contributed by atoms with van der Waals surface area (Å²) in [7, 11) is 0. The van der Waals surface area contributed by atoms with Crippen LogP contribution in [0.5, 0.6) is 11.5 Å². The summed E-state index contributed by atoms with van der Waals surface area (Å²) in [5.74, 6) is 3.05. The monoisotopic (exact) mass is 276 g/mol. The van der Waals surface area contributed by atoms with Crippen LogP contribution in [-0.2, 0) is 0 Å². The van der Waals surface area contributed by atoms with Crippen LogP contribution in [-0.4, -0.2) is 39.4 Å². The van der Waals surface area contributed by atoms with E-state index in [0.29, 0.717) is 25.0 Å². The Morgan fingerprint density at radius 2 is 1.65 bits per heavy atom. The minimum Gasteiger partial charge on any atom is -0.486 e. The molecule has 110 valence electrons. The zero-order valence-corrected chi connectivity index (χ0v) is 12.4. The van der Waals surface area contributed by atoms with E-state index in [1.54, 1.807) is 0 Å². The summed E-state index contributed by atoms with van der Waals surface area (Å²) in [6, 6.07) is 6.32. The van der Waals surface area contributed by atoms with E-state index in [4.69, 9.17) is 9.47 Å². The number of hydrogen-bond donors (Lipinski definition) is 1. The zero-order valence-electron chi connectivity index (χ0n) is 12.4. The molecule has 1 aromatic carbocycles. The van der Waals surface area contributed by atoms with E-state index < -0.39 is 0 Å². The molecule has 0 aromatic heterocycles. The first kappa shape index (κ1) is 13.6. The maximum Gasteiger partial charge on any atom is 0.163 e. The minimum atomic E-state index is 0.646. The Hall–Kier alpha value is -1.42. The lowest BCUT2D eigenvalue weighted by Gasteiger charge is -2.34. The molecule has 20 heavy (non-hydrogen) atoms. The molecule has 0 saturated carbocycles. The minimum absolute atomic E-state index is 0.646. The quantitative estimate of drug-likeness (QED) is 0.852. The maximum absolute atomic E-state index is 5.70. The van der Waals surface area contributed by atoms with Gasteiger partial charge in [0.2, 0.25) is 0 Å². The lowest BCUT2D eigenvalue weighted by Crippen LogP contribution is -2.42. The molecule has 2 atom stereocenters. The number of nitrogens with one attached hydrogen (secondary N) is 1. The molecular weight excluding hydrogens is 252 g/mol. The molecule has 0 spiro atoms. The molecular formula is C16H24N2O2. The molecule has 1 fully saturated rings. The second-order valence-electron chi connectivity index (χ2n) is 6.10. The average molecular weight is 276 g/mol. The van der Waals surface area contributed by atoms with Gasteiger partial charge in [0.15, 0.2) is 11.5 Å². The van der Waals surface area contributed by atoms with Crippen LogP contribution in [0, 0.1) is 11.8 Å². The third kappa shape index (κ3) is 3.01. The molecule has 1 N–H and O–H groups in total. The Balaban J connectivity index is 1.81. The smallest absolute Gasteiger partial charge is 0.163 e. The zero-order chi connectivity index (χ0) is 13.9. The van der Waals surface area contributed by atoms with E-state index in [9.17, 15) is 0 Å². The Kier molecular flexibility index (Phi) is 4.01. The van der Waals surface area contributed by atoms with E-state index in [2.05, 4.69) is 36.2 Å². The van der Waals surface area contributed by atoms with Crippen molar-refractivity contribution in [2.75, 3.05) is 44.3 Å². The van der Waals surface area contributed by atoms with Crippen LogP contribution in [0.2, 0.25) is 0 Å². The van der Waals surface area contributed by atoms with Gasteiger partial charge in [-0.05, 0) is 37.1 Å². The molecule has 0 bridgehead atoms. The molecule has 2 unspecified atom stereocenters. The highest BCUT2D eigenvalue weighted by Gasteiger charge is 2.20. The highest BCUT2D eigenvalue weighted by Crippen LogP contribution is 2.34. The summed E-state index contributed by atoms with van der Waals surface area (Å²) < 4.78 is 11.3. The Morgan fingerprint density at radius 3 is 2.35 bits per heavy atom. The predicted molar refractivity (Wildman–Crippen MR) is 80.8 cm³/mol. The third-order valence-electron chi connectivity index (χ3n) is 3.94. The summed E-state index contributed by atoms with van der Waals surface area (Å²) in [4.78, 5) is 2.48. The first-order valence-electron chi connectivity index (χ1n) is 7.57. The number of nitrogens with zero attached hydrogens (tertiary/aromatic N) is 1. The second-order valence-corrected chi connectivity index (χ2v) is 6.10. The van der Waals surface area contributed by atoms with Crippen LogP contribution in [0.15, 0.2) is 18.2 Å². The van der Waals surface area contributed by atoms with Crippen LogP contribution >= 0.6 is 0 Å². The lowest BCUT2D eigenvalue weighted by molar-refractivity contribution is 0.171. The fraction of sp³-hybridized carbons (Fsp3) is 0.625. The van der Waals surface area contributed by atoms with Crippen LogP contribution < -0.4 is 19.7 Å². The fourth-order valence-corrected chi connectivity index (χ4v) is 2.97. The lowest BCUT2D eigenvalue weighted by atomic mass is 10.0. The van der Waals surface area contributed by atoms with Crippen molar-refractivity contribution in [1.29, 1.82) is 0 Å². The highest BCUT2D eigenvalue weighted by molar-refractivity contribution is 5.57. The van der Waals surface area contributed by atoms with Crippen molar-refractivity contribution < 1.29 is 9.47 Å². The second kappa shape index (κ2) is 5.92. The molecule has 4 heteroatoms. The van der Waals surface area contributed by atoms with Gasteiger partial charge < -0.3 is 19.7 Å². The van der Waals surface area contributed by atoms with Gasteiger partial charge in [-0.2, -0.15) is 0 Å². The molecule has 0 amide bonds. The molecule has 2 aliphatic heterocycles. The standard InChI is InChI=1S/C16H24N2O2/c1-12-8-17-9-13(2)11-18(10-12)14-3-4-15-16(7-14)20-6-5-19-15/h3-4,7,12-13,17H,5-6,8-11H2,1-2H3. The van der Waals surface area contributed by atoms with Crippen LogP contribution in [0.3, 0.4) is 0 Å². The molecule has 0 radical (unpaired) electrons. The van der Waals surface area contributed by atoms with Crippen LogP contribution in [0.25, 0.3) is 0 Å². The number of ether oxygens (including phenoxy) is 2. The number of rotatable bonds is 1. The van der Waals surface area contributed by atoms with Gasteiger partial charge in [0.1, 0.15) is 13.2 Å². The number of hydrogen-bond acceptors (Lipinski definition) is 4. The summed E-state index contributed by atoms with van der Waals surface area (Å²) in [5.41, 5.74) is 1.25. The summed E-state index contributed by atoms with van der Waals surface area (Å²) in [6.07, 6.45) is 0. The van der Waals surface area contributed by atoms with Gasteiger partial charge in [-0.15, -0.1) is 0 Å². The normalized spacial score (nSPS) is 26.8. The largest absolute Gasteiger partial charge is 0.486 e. The average Bonchev–Trinajstić information content (AvgIpc) is 2.44. The van der Waals surface area contributed by atoms with E-state index in [1.807, 2.05) is 6.07 Å². The van der Waals surface area contributed by atoms with Gasteiger partial charge in [-0.1, -0.05) is 13.8 Å². The Bertz CT molecular complexity index is 452. The van der Waals surface area contributed by atoms with Crippen LogP contribution in [0.1, 0.15) is 13.8 Å². The molecule has 3 rings (SSSR count). The van der Waals surface area contributed by atoms with E-state index >= 15 is 0 Å². The van der Waals surface area contributed by atoms with E-state index in [-0.39, 0.29) is 0 Å². The maximum atomic E-state index is 5.70. The third-order valence-corrected chi connectivity index (χ3v) is 3.94. The molecule has 1 aromatic rings. The van der Waals surface area contributed by atoms with Gasteiger partial charge in [-0.3, -0.25) is 0 Å². The summed E-state index contributed by atoms with van der Waals surface area (Å²) in [5, 5.41) is 3.54. The highest BCUT2D eigenvalue weighted by atomic mass is 16.6. The first-order chi connectivity index (χ1) is 9.72. The van der Waals surface area contributed by atoms with Crippen molar-refractivity contribution in [3.8, 4) is 11.5 Å². The van der Waals surface area contributed by atoms with Gasteiger partial charge in [0, 0.05) is 24.8 Å². The van der Waals surface area contributed by atoms with Crippen molar-refractivity contribution in [1.82, 2.24) is 5.32 Å². The molecule has 1 saturated heterocycles. The summed E-state index contributed by atoms with van der Waals surface area (Å²) >= 11 is 0. The SMILES string of the molecule is CC1CNCC(C)CN(c2ccc3c(c2)OCCO3)C1. The first-order valence-corrected chi connectivity index (χ1v) is 7.57. The summed E-state index contributed by atoms with van der Waals surface area (Å²) in [6.45, 7) is 10.2. The van der Waals surface area contributed by atoms with Gasteiger partial charge >= 0.3 is 0 Å². The van der Waals surface area contributed by atoms with Crippen molar-refractivity contribution in [3.63, 3.8) is 0 Å². The Morgan fingerprint density at radius 1 is 1.00 bits per heavy atom. The number of anilines is 1. The van der Waals surface area contributed by atoms with Gasteiger partial charge in [-0.25, -0.2) is 0 Å². The van der Waals surface area contributed by atoms with Gasteiger partial charge in [0.05, 0.1) is 0 Å². The van der Waals surface area contributed by atoms with Crippen molar-refractivity contribution >= 4 is 5.69 Å². The molecule has 4 nitrogen and oxygen atoms in total. The number of benzene rings is 1. The number of fused-ring (bicyclic) bond motifs is 1. The topological polar surface area (TPSA) is 33.7 Å². The predicted octanol–water partition coefficient (Wildman–Crippen LogP) is 2.14. The van der Waals surface area contributed by atoms with E-state index in [0.717, 1.165) is 37.7 Å².